The highest BCUT2D eigenvalue weighted by Crippen LogP contribution is 2.57. The molecular weight excluding hydrogens is 925 g/mol. The minimum Gasteiger partial charge on any atom is -0.481 e. The molecule has 13 aliphatic rings. The highest BCUT2D eigenvalue weighted by molar-refractivity contribution is 8.00. The van der Waals surface area contributed by atoms with Crippen molar-refractivity contribution in [1.29, 1.82) is 0 Å². The number of nitrogens with one attached hydrogen (secondary N) is 2. The average Bonchev–Trinajstić information content (AvgIpc) is 3.82. The highest BCUT2D eigenvalue weighted by atomic mass is 32.2. The van der Waals surface area contributed by atoms with E-state index in [1.807, 2.05) is 24.3 Å². The minimum absolute atomic E-state index is 0.0239. The summed E-state index contributed by atoms with van der Waals surface area (Å²) in [6, 6.07) is 8.07. The Morgan fingerprint density at radius 1 is 0.557 bits per heavy atom. The fourth-order valence-electron chi connectivity index (χ4n) is 16.4. The SMILES string of the molecule is O=C(NC1C2CC3CC1CC(O)(C3)C2)c1ccc(N2CCC(C(=O)O)CC2)nc1SC1CCCC1.O=C(NC1C2CC3CC1CC(O)(C3)C2)c1ccc(N2C[C@@H]3C(C(=O)O)[C@@H]3C2)nc1SC1CCCC1. The Labute approximate surface area is 420 Å². The fourth-order valence-corrected chi connectivity index (χ4v) is 19.0. The normalized spacial score (nSPS) is 38.1. The predicted molar refractivity (Wildman–Crippen MR) is 267 cm³/mol. The Morgan fingerprint density at radius 3 is 1.36 bits per heavy atom. The van der Waals surface area contributed by atoms with Crippen LogP contribution in [0.1, 0.15) is 149 Å². The van der Waals surface area contributed by atoms with Gasteiger partial charge in [-0.1, -0.05) is 25.7 Å². The van der Waals surface area contributed by atoms with Gasteiger partial charge < -0.3 is 40.9 Å². The van der Waals surface area contributed by atoms with Crippen LogP contribution >= 0.6 is 23.5 Å². The second kappa shape index (κ2) is 18.7. The van der Waals surface area contributed by atoms with Gasteiger partial charge in [0.25, 0.3) is 11.8 Å². The Hall–Kier alpha value is -3.60. The zero-order chi connectivity index (χ0) is 48.1. The Balaban J connectivity index is 0.000000144. The van der Waals surface area contributed by atoms with Crippen molar-refractivity contribution in [1.82, 2.24) is 20.6 Å². The lowest BCUT2D eigenvalue weighted by molar-refractivity contribution is -0.142. The molecule has 70 heavy (non-hydrogen) atoms. The van der Waals surface area contributed by atoms with E-state index in [4.69, 9.17) is 9.97 Å². The van der Waals surface area contributed by atoms with Gasteiger partial charge in [-0.2, -0.15) is 0 Å². The molecule has 2 saturated heterocycles. The molecule has 5 unspecified atom stereocenters. The third-order valence-corrected chi connectivity index (χ3v) is 22.1. The zero-order valence-electron chi connectivity index (χ0n) is 40.4. The van der Waals surface area contributed by atoms with E-state index >= 15 is 0 Å². The number of carboxylic acid groups (broad SMARTS) is 2. The smallest absolute Gasteiger partial charge is 0.307 e. The predicted octanol–water partition coefficient (Wildman–Crippen LogP) is 7.64. The lowest BCUT2D eigenvalue weighted by Crippen LogP contribution is -2.61. The number of hydrogen-bond acceptors (Lipinski definition) is 12. The van der Waals surface area contributed by atoms with Crippen LogP contribution < -0.4 is 20.4 Å². The summed E-state index contributed by atoms with van der Waals surface area (Å²) in [5, 5.41) is 49.9. The van der Waals surface area contributed by atoms with Crippen molar-refractivity contribution in [3.8, 4) is 0 Å². The molecule has 11 saturated carbocycles. The third kappa shape index (κ3) is 9.35. The van der Waals surface area contributed by atoms with Crippen molar-refractivity contribution in [2.24, 2.45) is 59.2 Å². The Kier molecular flexibility index (Phi) is 12.7. The van der Waals surface area contributed by atoms with Gasteiger partial charge in [0.15, 0.2) is 0 Å². The first-order valence-corrected chi connectivity index (χ1v) is 28.9. The molecule has 11 aliphatic carbocycles. The number of amides is 2. The second-order valence-electron chi connectivity index (χ2n) is 24.2. The molecule has 0 radical (unpaired) electrons. The molecule has 4 heterocycles. The van der Waals surface area contributed by atoms with E-state index < -0.39 is 23.1 Å². The van der Waals surface area contributed by atoms with Gasteiger partial charge in [-0.3, -0.25) is 19.2 Å². The molecule has 2 aromatic heterocycles. The van der Waals surface area contributed by atoms with Gasteiger partial charge in [0.1, 0.15) is 21.7 Å². The van der Waals surface area contributed by atoms with Crippen LogP contribution in [0.25, 0.3) is 0 Å². The van der Waals surface area contributed by atoms with Gasteiger partial charge >= 0.3 is 11.9 Å². The quantitative estimate of drug-likeness (QED) is 0.121. The van der Waals surface area contributed by atoms with Crippen LogP contribution in [-0.2, 0) is 9.59 Å². The van der Waals surface area contributed by atoms with Gasteiger partial charge in [0, 0.05) is 48.8 Å². The fraction of sp³-hybridized carbons (Fsp3) is 0.741. The zero-order valence-corrected chi connectivity index (χ0v) is 42.0. The standard InChI is InChI=1S/C27H35N3O4S.C27H37N3O4S/c31-24(29-23-15-7-14-8-16(23)11-27(34,9-14)10-15)18-5-6-21(28-25(18)35-17-3-1-2-4-17)30-12-19-20(13-30)22(19)26(32)33;31-24(29-23-18-11-16-12-19(23)15-27(34,13-16)14-18)21-5-6-22(28-25(21)35-20-3-1-2-4-20)30-9-7-17(8-10-30)26(32)33/h5-6,14-17,19-20,22-23,34H,1-4,7-13H2,(H,29,31)(H,32,33);5-6,16-20,23,34H,1-4,7-15H2,(H,29,31)(H,32,33)/t14?,15?,16?,19-,20+,22?,23?,27?;. The number of piperidine rings is 2. The number of carbonyl (C=O) groups excluding carboxylic acids is 2. The maximum atomic E-state index is 13.6. The van der Waals surface area contributed by atoms with E-state index in [1.165, 1.54) is 38.5 Å². The van der Waals surface area contributed by atoms with Crippen LogP contribution in [0.4, 0.5) is 11.6 Å². The van der Waals surface area contributed by atoms with Gasteiger partial charge in [-0.05, 0) is 174 Å². The van der Waals surface area contributed by atoms with E-state index in [2.05, 4.69) is 20.4 Å². The summed E-state index contributed by atoms with van der Waals surface area (Å²) in [4.78, 5) is 64.3. The minimum atomic E-state index is -0.709. The second-order valence-corrected chi connectivity index (χ2v) is 26.8. The molecule has 16 heteroatoms. The number of thioether (sulfide) groups is 2. The van der Waals surface area contributed by atoms with Crippen molar-refractivity contribution in [2.45, 2.75) is 172 Å². The van der Waals surface area contributed by atoms with Crippen LogP contribution in [0.5, 0.6) is 0 Å². The van der Waals surface area contributed by atoms with E-state index in [-0.39, 0.29) is 47.6 Å². The van der Waals surface area contributed by atoms with E-state index in [9.17, 15) is 39.6 Å². The molecule has 2 aliphatic heterocycles. The average molecular weight is 997 g/mol. The third-order valence-electron chi connectivity index (χ3n) is 19.4. The summed E-state index contributed by atoms with van der Waals surface area (Å²) in [5.74, 6) is 3.04. The molecule has 14 nitrogen and oxygen atoms in total. The number of aliphatic carboxylic acids is 2. The van der Waals surface area contributed by atoms with Crippen LogP contribution in [0.2, 0.25) is 0 Å². The Bertz CT molecular complexity index is 2190. The molecule has 15 rings (SSSR count). The largest absolute Gasteiger partial charge is 0.481 e. The molecule has 7 atom stereocenters. The van der Waals surface area contributed by atoms with Crippen molar-refractivity contribution in [3.63, 3.8) is 0 Å². The molecule has 2 aromatic rings. The van der Waals surface area contributed by atoms with E-state index in [0.717, 1.165) is 112 Å². The summed E-state index contributed by atoms with van der Waals surface area (Å²) in [6.45, 7) is 2.84. The molecular formula is C54H72N6O8S2. The van der Waals surface area contributed by atoms with Gasteiger partial charge in [-0.15, -0.1) is 23.5 Å². The van der Waals surface area contributed by atoms with Crippen molar-refractivity contribution >= 4 is 58.9 Å². The van der Waals surface area contributed by atoms with Crippen LogP contribution in [0.3, 0.4) is 0 Å². The number of aliphatic hydroxyl groups is 2. The molecule has 378 valence electrons. The summed E-state index contributed by atoms with van der Waals surface area (Å²) in [5.41, 5.74) is 0.337. The molecule has 0 spiro atoms. The van der Waals surface area contributed by atoms with Crippen molar-refractivity contribution < 1.29 is 39.6 Å². The number of fused-ring (bicyclic) bond motifs is 1. The van der Waals surface area contributed by atoms with E-state index in [0.29, 0.717) is 83.1 Å². The maximum absolute atomic E-state index is 13.6. The van der Waals surface area contributed by atoms with Crippen LogP contribution in [0, 0.1) is 59.2 Å². The van der Waals surface area contributed by atoms with Gasteiger partial charge in [0.2, 0.25) is 0 Å². The molecule has 13 fully saturated rings. The van der Waals surface area contributed by atoms with Crippen LogP contribution in [-0.4, -0.2) is 114 Å². The first-order chi connectivity index (χ1) is 33.7. The number of pyridine rings is 2. The number of rotatable bonds is 12. The van der Waals surface area contributed by atoms with Crippen molar-refractivity contribution in [3.05, 3.63) is 35.4 Å². The van der Waals surface area contributed by atoms with Gasteiger partial charge in [-0.25, -0.2) is 9.97 Å². The summed E-state index contributed by atoms with van der Waals surface area (Å²) >= 11 is 3.50. The first-order valence-electron chi connectivity index (χ1n) is 27.1. The first kappa shape index (κ1) is 47.4. The lowest BCUT2D eigenvalue weighted by Gasteiger charge is -2.58. The molecule has 2 amide bonds. The topological polar surface area (TPSA) is 206 Å². The monoisotopic (exact) mass is 996 g/mol. The number of anilines is 2. The number of nitrogens with zero attached hydrogens (tertiary/aromatic N) is 4. The molecule has 8 bridgehead atoms. The summed E-state index contributed by atoms with van der Waals surface area (Å²) in [6.07, 6.45) is 20.5. The summed E-state index contributed by atoms with van der Waals surface area (Å²) in [7, 11) is 0. The van der Waals surface area contributed by atoms with Gasteiger partial charge in [0.05, 0.1) is 34.2 Å². The summed E-state index contributed by atoms with van der Waals surface area (Å²) < 4.78 is 0. The number of carbonyl (C=O) groups is 4. The maximum Gasteiger partial charge on any atom is 0.307 e. The number of aromatic nitrogens is 2. The highest BCUT2D eigenvalue weighted by Gasteiger charge is 2.60. The van der Waals surface area contributed by atoms with E-state index in [1.54, 1.807) is 23.5 Å². The molecule has 0 aromatic carbocycles. The van der Waals surface area contributed by atoms with Crippen molar-refractivity contribution in [2.75, 3.05) is 36.0 Å². The van der Waals surface area contributed by atoms with Crippen LogP contribution in [0.15, 0.2) is 34.3 Å². The Morgan fingerprint density at radius 2 is 0.971 bits per heavy atom. The number of carboxylic acids is 2. The molecule has 6 N–H and O–H groups in total. The lowest BCUT2D eigenvalue weighted by atomic mass is 9.52. The number of hydrogen-bond donors (Lipinski definition) is 6.